The number of carbonyl (C=O) groups is 1. The first-order valence-electron chi connectivity index (χ1n) is 6.02. The molecule has 1 fully saturated rings. The average molecular weight is 332 g/mol. The van der Waals surface area contributed by atoms with Crippen LogP contribution < -0.4 is 10.6 Å². The number of nitrogens with one attached hydrogen (secondary N) is 2. The van der Waals surface area contributed by atoms with Crippen molar-refractivity contribution in [3.8, 4) is 0 Å². The Labute approximate surface area is 120 Å². The van der Waals surface area contributed by atoms with Crippen LogP contribution in [0.5, 0.6) is 0 Å². The SMILES string of the molecule is Cc1cc(Br)c(NCC(=O)NCC2CC2)cc1Cl. The molecular weight excluding hydrogens is 316 g/mol. The van der Waals surface area contributed by atoms with Crippen molar-refractivity contribution in [3.05, 3.63) is 27.2 Å². The van der Waals surface area contributed by atoms with Crippen molar-refractivity contribution in [2.45, 2.75) is 19.8 Å². The molecule has 1 aliphatic rings. The predicted molar refractivity (Wildman–Crippen MR) is 78.1 cm³/mol. The van der Waals surface area contributed by atoms with Crippen LogP contribution in [0, 0.1) is 12.8 Å². The number of hydrogen-bond donors (Lipinski definition) is 2. The van der Waals surface area contributed by atoms with Gasteiger partial charge in [0.15, 0.2) is 0 Å². The highest BCUT2D eigenvalue weighted by molar-refractivity contribution is 9.10. The monoisotopic (exact) mass is 330 g/mol. The minimum Gasteiger partial charge on any atom is -0.375 e. The number of benzene rings is 1. The molecule has 1 aromatic rings. The second kappa shape index (κ2) is 5.93. The summed E-state index contributed by atoms with van der Waals surface area (Å²) in [4.78, 5) is 11.6. The summed E-state index contributed by atoms with van der Waals surface area (Å²) in [6.07, 6.45) is 2.49. The van der Waals surface area contributed by atoms with Crippen molar-refractivity contribution in [3.63, 3.8) is 0 Å². The molecule has 0 unspecified atom stereocenters. The van der Waals surface area contributed by atoms with E-state index in [1.807, 2.05) is 19.1 Å². The summed E-state index contributed by atoms with van der Waals surface area (Å²) in [6, 6.07) is 3.77. The van der Waals surface area contributed by atoms with Gasteiger partial charge in [0.2, 0.25) is 5.91 Å². The largest absolute Gasteiger partial charge is 0.375 e. The van der Waals surface area contributed by atoms with Gasteiger partial charge >= 0.3 is 0 Å². The van der Waals surface area contributed by atoms with Crippen molar-refractivity contribution in [2.75, 3.05) is 18.4 Å². The molecule has 0 heterocycles. The molecule has 98 valence electrons. The lowest BCUT2D eigenvalue weighted by Crippen LogP contribution is -2.31. The molecule has 2 rings (SSSR count). The summed E-state index contributed by atoms with van der Waals surface area (Å²) in [7, 11) is 0. The minimum absolute atomic E-state index is 0.0190. The average Bonchev–Trinajstić information content (AvgIpc) is 3.13. The Balaban J connectivity index is 1.84. The zero-order chi connectivity index (χ0) is 13.1. The zero-order valence-corrected chi connectivity index (χ0v) is 12.6. The van der Waals surface area contributed by atoms with Crippen LogP contribution in [0.1, 0.15) is 18.4 Å². The third-order valence-corrected chi connectivity index (χ3v) is 4.04. The lowest BCUT2D eigenvalue weighted by molar-refractivity contribution is -0.119. The molecule has 0 aromatic heterocycles. The highest BCUT2D eigenvalue weighted by atomic mass is 79.9. The van der Waals surface area contributed by atoms with Gasteiger partial charge in [-0.25, -0.2) is 0 Å². The molecule has 1 saturated carbocycles. The molecule has 0 aliphatic heterocycles. The van der Waals surface area contributed by atoms with Crippen LogP contribution in [0.3, 0.4) is 0 Å². The molecule has 0 saturated heterocycles. The highest BCUT2D eigenvalue weighted by Gasteiger charge is 2.21. The zero-order valence-electron chi connectivity index (χ0n) is 10.2. The first-order chi connectivity index (χ1) is 8.56. The fourth-order valence-electron chi connectivity index (χ4n) is 1.60. The third-order valence-electron chi connectivity index (χ3n) is 2.97. The lowest BCUT2D eigenvalue weighted by atomic mass is 10.2. The van der Waals surface area contributed by atoms with Crippen molar-refractivity contribution >= 4 is 39.1 Å². The second-order valence-electron chi connectivity index (χ2n) is 4.68. The quantitative estimate of drug-likeness (QED) is 0.869. The first-order valence-corrected chi connectivity index (χ1v) is 7.19. The van der Waals surface area contributed by atoms with Gasteiger partial charge in [-0.1, -0.05) is 11.6 Å². The van der Waals surface area contributed by atoms with E-state index >= 15 is 0 Å². The van der Waals surface area contributed by atoms with Gasteiger partial charge in [0.25, 0.3) is 0 Å². The summed E-state index contributed by atoms with van der Waals surface area (Å²) in [6.45, 7) is 3.01. The van der Waals surface area contributed by atoms with Crippen LogP contribution >= 0.6 is 27.5 Å². The summed E-state index contributed by atoms with van der Waals surface area (Å²) in [5.41, 5.74) is 1.85. The predicted octanol–water partition coefficient (Wildman–Crippen LogP) is 3.35. The van der Waals surface area contributed by atoms with Gasteiger partial charge < -0.3 is 10.6 Å². The Bertz CT molecular complexity index is 461. The van der Waals surface area contributed by atoms with Gasteiger partial charge in [0, 0.05) is 16.0 Å². The fourth-order valence-corrected chi connectivity index (χ4v) is 2.36. The van der Waals surface area contributed by atoms with Gasteiger partial charge in [-0.3, -0.25) is 4.79 Å². The standard InChI is InChI=1S/C13H16BrClN2O/c1-8-4-10(14)12(5-11(8)15)16-7-13(18)17-6-9-2-3-9/h4-5,9,16H,2-3,6-7H2,1H3,(H,17,18). The van der Waals surface area contributed by atoms with Crippen LogP contribution in [0.2, 0.25) is 5.02 Å². The van der Waals surface area contributed by atoms with E-state index in [-0.39, 0.29) is 12.5 Å². The number of carbonyl (C=O) groups excluding carboxylic acids is 1. The second-order valence-corrected chi connectivity index (χ2v) is 5.94. The molecule has 1 amide bonds. The maximum atomic E-state index is 11.6. The van der Waals surface area contributed by atoms with Crippen LogP contribution in [0.4, 0.5) is 5.69 Å². The molecule has 0 atom stereocenters. The Morgan fingerprint density at radius 1 is 1.50 bits per heavy atom. The topological polar surface area (TPSA) is 41.1 Å². The van der Waals surface area contributed by atoms with E-state index in [4.69, 9.17) is 11.6 Å². The summed E-state index contributed by atoms with van der Waals surface area (Å²) in [5, 5.41) is 6.69. The van der Waals surface area contributed by atoms with E-state index in [0.29, 0.717) is 10.9 Å². The first kappa shape index (κ1) is 13.7. The molecule has 3 nitrogen and oxygen atoms in total. The number of rotatable bonds is 5. The lowest BCUT2D eigenvalue weighted by Gasteiger charge is -2.10. The maximum Gasteiger partial charge on any atom is 0.239 e. The molecule has 1 aromatic carbocycles. The third kappa shape index (κ3) is 3.89. The van der Waals surface area contributed by atoms with Crippen molar-refractivity contribution < 1.29 is 4.79 Å². The smallest absolute Gasteiger partial charge is 0.239 e. The van der Waals surface area contributed by atoms with Gasteiger partial charge in [-0.15, -0.1) is 0 Å². The summed E-state index contributed by atoms with van der Waals surface area (Å²) < 4.78 is 0.916. The van der Waals surface area contributed by atoms with Crippen molar-refractivity contribution in [1.29, 1.82) is 0 Å². The number of hydrogen-bond acceptors (Lipinski definition) is 2. The molecule has 0 spiro atoms. The number of halogens is 2. The molecule has 18 heavy (non-hydrogen) atoms. The van der Waals surface area contributed by atoms with E-state index in [0.717, 1.165) is 22.3 Å². The van der Waals surface area contributed by atoms with Gasteiger partial charge in [0.05, 0.1) is 12.2 Å². The normalized spacial score (nSPS) is 14.4. The molecular formula is C13H16BrClN2O. The van der Waals surface area contributed by atoms with Gasteiger partial charge in [-0.05, 0) is 59.3 Å². The Morgan fingerprint density at radius 2 is 2.22 bits per heavy atom. The Morgan fingerprint density at radius 3 is 2.89 bits per heavy atom. The summed E-state index contributed by atoms with van der Waals surface area (Å²) in [5.74, 6) is 0.722. The molecule has 2 N–H and O–H groups in total. The number of amides is 1. The van der Waals surface area contributed by atoms with E-state index in [2.05, 4.69) is 26.6 Å². The van der Waals surface area contributed by atoms with Crippen LogP contribution in [-0.2, 0) is 4.79 Å². The van der Waals surface area contributed by atoms with Gasteiger partial charge in [-0.2, -0.15) is 0 Å². The maximum absolute atomic E-state index is 11.6. The minimum atomic E-state index is 0.0190. The Hall–Kier alpha value is -0.740. The van der Waals surface area contributed by atoms with Crippen LogP contribution in [-0.4, -0.2) is 19.0 Å². The molecule has 0 bridgehead atoms. The number of anilines is 1. The molecule has 5 heteroatoms. The summed E-state index contributed by atoms with van der Waals surface area (Å²) >= 11 is 9.50. The van der Waals surface area contributed by atoms with E-state index in [9.17, 15) is 4.79 Å². The van der Waals surface area contributed by atoms with Crippen LogP contribution in [0.15, 0.2) is 16.6 Å². The van der Waals surface area contributed by atoms with E-state index in [1.165, 1.54) is 12.8 Å². The molecule has 0 radical (unpaired) electrons. The molecule has 1 aliphatic carbocycles. The highest BCUT2D eigenvalue weighted by Crippen LogP contribution is 2.29. The van der Waals surface area contributed by atoms with Crippen molar-refractivity contribution in [1.82, 2.24) is 5.32 Å². The fraction of sp³-hybridized carbons (Fsp3) is 0.462. The van der Waals surface area contributed by atoms with Crippen molar-refractivity contribution in [2.24, 2.45) is 5.92 Å². The van der Waals surface area contributed by atoms with E-state index < -0.39 is 0 Å². The van der Waals surface area contributed by atoms with Gasteiger partial charge in [0.1, 0.15) is 0 Å². The van der Waals surface area contributed by atoms with Crippen LogP contribution in [0.25, 0.3) is 0 Å². The number of aryl methyl sites for hydroxylation is 1. The van der Waals surface area contributed by atoms with E-state index in [1.54, 1.807) is 0 Å². The Kier molecular flexibility index (Phi) is 4.51.